The smallest absolute Gasteiger partial charge is 0.328 e. The Morgan fingerprint density at radius 3 is 2.74 bits per heavy atom. The average Bonchev–Trinajstić information content (AvgIpc) is 2.43. The molecule has 1 unspecified atom stereocenters. The maximum absolute atomic E-state index is 13.9. The number of nitrogens with one attached hydrogen (secondary N) is 1. The zero-order chi connectivity index (χ0) is 13.7. The molecule has 1 aromatic rings. The van der Waals surface area contributed by atoms with Crippen LogP contribution in [0.15, 0.2) is 24.3 Å². The summed E-state index contributed by atoms with van der Waals surface area (Å²) in [5.41, 5.74) is 0.392. The minimum absolute atomic E-state index is 0.301. The first kappa shape index (κ1) is 14.0. The molecular formula is C14H19FN2O2. The van der Waals surface area contributed by atoms with E-state index in [4.69, 9.17) is 4.74 Å². The monoisotopic (exact) mass is 266 g/mol. The number of piperazine rings is 1. The summed E-state index contributed by atoms with van der Waals surface area (Å²) in [4.78, 5) is 14.1. The van der Waals surface area contributed by atoms with E-state index >= 15 is 0 Å². The predicted molar refractivity (Wildman–Crippen MR) is 70.2 cm³/mol. The molecule has 1 aliphatic rings. The lowest BCUT2D eigenvalue weighted by molar-refractivity contribution is -0.150. The van der Waals surface area contributed by atoms with Crippen molar-refractivity contribution in [3.63, 3.8) is 0 Å². The molecule has 104 valence electrons. The molecule has 1 heterocycles. The number of rotatable bonds is 4. The number of halogens is 1. The fraction of sp³-hybridized carbons (Fsp3) is 0.500. The Balaban J connectivity index is 2.28. The SMILES string of the molecule is CCOC(=O)C(c1ccccc1F)N1CCNCC1. The number of esters is 1. The Labute approximate surface area is 112 Å². The van der Waals surface area contributed by atoms with E-state index in [1.165, 1.54) is 6.07 Å². The molecule has 1 atom stereocenters. The predicted octanol–water partition coefficient (Wildman–Crippen LogP) is 1.34. The maximum atomic E-state index is 13.9. The molecule has 0 radical (unpaired) electrons. The van der Waals surface area contributed by atoms with Crippen molar-refractivity contribution in [3.8, 4) is 0 Å². The van der Waals surface area contributed by atoms with Gasteiger partial charge in [-0.25, -0.2) is 9.18 Å². The summed E-state index contributed by atoms with van der Waals surface area (Å²) in [7, 11) is 0. The third-order valence-electron chi connectivity index (χ3n) is 3.23. The number of carbonyl (C=O) groups excluding carboxylic acids is 1. The van der Waals surface area contributed by atoms with Crippen LogP contribution in [-0.4, -0.2) is 43.7 Å². The number of ether oxygens (including phenoxy) is 1. The standard InChI is InChI=1S/C14H19FN2O2/c1-2-19-14(18)13(17-9-7-16-8-10-17)11-5-3-4-6-12(11)15/h3-6,13,16H,2,7-10H2,1H3. The molecule has 1 aromatic carbocycles. The van der Waals surface area contributed by atoms with Crippen LogP contribution in [0.3, 0.4) is 0 Å². The summed E-state index contributed by atoms with van der Waals surface area (Å²) >= 11 is 0. The number of hydrogen-bond acceptors (Lipinski definition) is 4. The van der Waals surface area contributed by atoms with Gasteiger partial charge in [-0.2, -0.15) is 0 Å². The second-order valence-electron chi connectivity index (χ2n) is 4.46. The van der Waals surface area contributed by atoms with Gasteiger partial charge < -0.3 is 10.1 Å². The minimum atomic E-state index is -0.650. The van der Waals surface area contributed by atoms with Crippen LogP contribution in [0.4, 0.5) is 4.39 Å². The Morgan fingerprint density at radius 1 is 1.42 bits per heavy atom. The van der Waals surface area contributed by atoms with Gasteiger partial charge in [0, 0.05) is 31.7 Å². The van der Waals surface area contributed by atoms with Gasteiger partial charge in [0.1, 0.15) is 11.9 Å². The molecule has 0 aliphatic carbocycles. The van der Waals surface area contributed by atoms with Gasteiger partial charge in [-0.15, -0.1) is 0 Å². The fourth-order valence-electron chi connectivity index (χ4n) is 2.33. The van der Waals surface area contributed by atoms with E-state index in [0.29, 0.717) is 25.3 Å². The number of carbonyl (C=O) groups is 1. The van der Waals surface area contributed by atoms with Crippen LogP contribution in [0, 0.1) is 5.82 Å². The van der Waals surface area contributed by atoms with Crippen molar-refractivity contribution < 1.29 is 13.9 Å². The zero-order valence-electron chi connectivity index (χ0n) is 11.1. The van der Waals surface area contributed by atoms with Crippen LogP contribution in [0.5, 0.6) is 0 Å². The van der Waals surface area contributed by atoms with Gasteiger partial charge in [0.2, 0.25) is 0 Å². The largest absolute Gasteiger partial charge is 0.465 e. The van der Waals surface area contributed by atoms with E-state index in [0.717, 1.165) is 13.1 Å². The van der Waals surface area contributed by atoms with Crippen molar-refractivity contribution in [1.82, 2.24) is 10.2 Å². The van der Waals surface area contributed by atoms with Gasteiger partial charge in [0.25, 0.3) is 0 Å². The van der Waals surface area contributed by atoms with Crippen molar-refractivity contribution in [2.24, 2.45) is 0 Å². The zero-order valence-corrected chi connectivity index (χ0v) is 11.1. The van der Waals surface area contributed by atoms with Gasteiger partial charge in [-0.05, 0) is 13.0 Å². The quantitative estimate of drug-likeness (QED) is 0.835. The molecule has 2 rings (SSSR count). The van der Waals surface area contributed by atoms with E-state index in [1.54, 1.807) is 25.1 Å². The molecule has 1 aliphatic heterocycles. The summed E-state index contributed by atoms with van der Waals surface area (Å²) in [5, 5.41) is 3.22. The van der Waals surface area contributed by atoms with Crippen LogP contribution in [0.25, 0.3) is 0 Å². The third-order valence-corrected chi connectivity index (χ3v) is 3.23. The van der Waals surface area contributed by atoms with Crippen molar-refractivity contribution in [3.05, 3.63) is 35.6 Å². The minimum Gasteiger partial charge on any atom is -0.465 e. The van der Waals surface area contributed by atoms with Gasteiger partial charge >= 0.3 is 5.97 Å². The molecule has 5 heteroatoms. The lowest BCUT2D eigenvalue weighted by Crippen LogP contribution is -2.47. The van der Waals surface area contributed by atoms with E-state index in [2.05, 4.69) is 5.32 Å². The molecule has 4 nitrogen and oxygen atoms in total. The van der Waals surface area contributed by atoms with Crippen molar-refractivity contribution in [2.45, 2.75) is 13.0 Å². The van der Waals surface area contributed by atoms with Gasteiger partial charge in [-0.1, -0.05) is 18.2 Å². The summed E-state index contributed by atoms with van der Waals surface area (Å²) in [6, 6.07) is 5.75. The Bertz CT molecular complexity index is 433. The molecule has 0 amide bonds. The molecule has 0 bridgehead atoms. The van der Waals surface area contributed by atoms with Crippen molar-refractivity contribution in [1.29, 1.82) is 0 Å². The molecular weight excluding hydrogens is 247 g/mol. The van der Waals surface area contributed by atoms with Crippen LogP contribution >= 0.6 is 0 Å². The summed E-state index contributed by atoms with van der Waals surface area (Å²) in [6.45, 7) is 5.06. The van der Waals surface area contributed by atoms with Crippen LogP contribution in [0.1, 0.15) is 18.5 Å². The fourth-order valence-corrected chi connectivity index (χ4v) is 2.33. The topological polar surface area (TPSA) is 41.6 Å². The van der Waals surface area contributed by atoms with E-state index in [-0.39, 0.29) is 11.8 Å². The van der Waals surface area contributed by atoms with Crippen LogP contribution in [-0.2, 0) is 9.53 Å². The average molecular weight is 266 g/mol. The summed E-state index contributed by atoms with van der Waals surface area (Å²) in [6.07, 6.45) is 0. The van der Waals surface area contributed by atoms with Crippen LogP contribution in [0.2, 0.25) is 0 Å². The highest BCUT2D eigenvalue weighted by molar-refractivity contribution is 5.77. The first-order chi connectivity index (χ1) is 9.24. The van der Waals surface area contributed by atoms with Crippen molar-refractivity contribution >= 4 is 5.97 Å². The summed E-state index contributed by atoms with van der Waals surface area (Å²) in [5.74, 6) is -0.742. The highest BCUT2D eigenvalue weighted by atomic mass is 19.1. The first-order valence-electron chi connectivity index (χ1n) is 6.60. The highest BCUT2D eigenvalue weighted by Gasteiger charge is 2.31. The molecule has 0 saturated carbocycles. The second-order valence-corrected chi connectivity index (χ2v) is 4.46. The Hall–Kier alpha value is -1.46. The van der Waals surface area contributed by atoms with E-state index in [1.807, 2.05) is 4.90 Å². The molecule has 1 saturated heterocycles. The second kappa shape index (κ2) is 6.63. The molecule has 0 spiro atoms. The lowest BCUT2D eigenvalue weighted by atomic mass is 10.0. The highest BCUT2D eigenvalue weighted by Crippen LogP contribution is 2.25. The van der Waals surface area contributed by atoms with Gasteiger partial charge in [-0.3, -0.25) is 4.90 Å². The Morgan fingerprint density at radius 2 is 2.11 bits per heavy atom. The maximum Gasteiger partial charge on any atom is 0.328 e. The summed E-state index contributed by atoms with van der Waals surface area (Å²) < 4.78 is 19.0. The van der Waals surface area contributed by atoms with E-state index < -0.39 is 6.04 Å². The van der Waals surface area contributed by atoms with Crippen molar-refractivity contribution in [2.75, 3.05) is 32.8 Å². The lowest BCUT2D eigenvalue weighted by Gasteiger charge is -2.33. The molecule has 19 heavy (non-hydrogen) atoms. The third kappa shape index (κ3) is 3.30. The molecule has 0 aromatic heterocycles. The van der Waals surface area contributed by atoms with Gasteiger partial charge in [0.15, 0.2) is 0 Å². The number of hydrogen-bond donors (Lipinski definition) is 1. The Kier molecular flexibility index (Phi) is 4.87. The first-order valence-corrected chi connectivity index (χ1v) is 6.60. The number of benzene rings is 1. The molecule has 1 fully saturated rings. The normalized spacial score (nSPS) is 18.0. The number of nitrogens with zero attached hydrogens (tertiary/aromatic N) is 1. The van der Waals surface area contributed by atoms with Gasteiger partial charge in [0.05, 0.1) is 6.61 Å². The molecule has 1 N–H and O–H groups in total. The van der Waals surface area contributed by atoms with Crippen LogP contribution < -0.4 is 5.32 Å². The van der Waals surface area contributed by atoms with E-state index in [9.17, 15) is 9.18 Å².